The van der Waals surface area contributed by atoms with Crippen molar-refractivity contribution in [2.45, 2.75) is 0 Å². The second-order valence-corrected chi connectivity index (χ2v) is 3.14. The smallest absolute Gasteiger partial charge is 0.188 e. The van der Waals surface area contributed by atoms with E-state index in [4.69, 9.17) is 22.1 Å². The molecule has 0 fully saturated rings. The summed E-state index contributed by atoms with van der Waals surface area (Å²) in [5, 5.41) is 6.92. The van der Waals surface area contributed by atoms with Crippen molar-refractivity contribution in [2.75, 3.05) is 5.73 Å². The van der Waals surface area contributed by atoms with Gasteiger partial charge >= 0.3 is 0 Å². The van der Waals surface area contributed by atoms with Crippen LogP contribution in [0.1, 0.15) is 0 Å². The monoisotopic (exact) mass is 209 g/mol. The van der Waals surface area contributed by atoms with Crippen LogP contribution in [0.5, 0.6) is 11.5 Å². The molecule has 5 heteroatoms. The average Bonchev–Trinajstić information content (AvgIpc) is 2.52. The number of nitrogen functional groups attached to an aromatic ring is 1. The number of nitrogens with one attached hydrogen (secondary N) is 1. The fourth-order valence-corrected chi connectivity index (χ4v) is 1.20. The number of hydrogen-bond acceptors (Lipinski definition) is 3. The van der Waals surface area contributed by atoms with Crippen LogP contribution in [0, 0.1) is 0 Å². The summed E-state index contributed by atoms with van der Waals surface area (Å²) in [5.74, 6) is 1.52. The van der Waals surface area contributed by atoms with Crippen molar-refractivity contribution in [1.82, 2.24) is 10.2 Å². The number of aromatic amines is 1. The molecule has 2 rings (SSSR count). The SMILES string of the molecule is Nc1[nH]ncc1Oc1cccc(Cl)c1. The van der Waals surface area contributed by atoms with E-state index in [1.807, 2.05) is 0 Å². The zero-order valence-corrected chi connectivity index (χ0v) is 7.95. The summed E-state index contributed by atoms with van der Waals surface area (Å²) in [7, 11) is 0. The van der Waals surface area contributed by atoms with Gasteiger partial charge in [0.05, 0.1) is 6.20 Å². The Morgan fingerprint density at radius 2 is 2.29 bits per heavy atom. The van der Waals surface area contributed by atoms with Crippen molar-refractivity contribution in [3.05, 3.63) is 35.5 Å². The quantitative estimate of drug-likeness (QED) is 0.799. The second-order valence-electron chi connectivity index (χ2n) is 2.71. The van der Waals surface area contributed by atoms with E-state index in [0.29, 0.717) is 22.3 Å². The number of rotatable bonds is 2. The first kappa shape index (κ1) is 8.90. The lowest BCUT2D eigenvalue weighted by molar-refractivity contribution is 0.485. The molecular formula is C9H8ClN3O. The van der Waals surface area contributed by atoms with Gasteiger partial charge in [0.1, 0.15) is 5.75 Å². The molecule has 0 atom stereocenters. The zero-order valence-electron chi connectivity index (χ0n) is 7.20. The minimum atomic E-state index is 0.393. The molecule has 0 unspecified atom stereocenters. The van der Waals surface area contributed by atoms with Crippen LogP contribution < -0.4 is 10.5 Å². The molecule has 3 N–H and O–H groups in total. The van der Waals surface area contributed by atoms with Crippen LogP contribution >= 0.6 is 11.6 Å². The Morgan fingerprint density at radius 3 is 2.93 bits per heavy atom. The maximum atomic E-state index is 5.79. The average molecular weight is 210 g/mol. The fraction of sp³-hybridized carbons (Fsp3) is 0. The van der Waals surface area contributed by atoms with Crippen molar-refractivity contribution in [2.24, 2.45) is 0 Å². The normalized spacial score (nSPS) is 10.1. The van der Waals surface area contributed by atoms with Crippen LogP contribution in [0.2, 0.25) is 5.02 Å². The van der Waals surface area contributed by atoms with Gasteiger partial charge in [0.25, 0.3) is 0 Å². The third kappa shape index (κ3) is 1.80. The van der Waals surface area contributed by atoms with Gasteiger partial charge < -0.3 is 10.5 Å². The number of ether oxygens (including phenoxy) is 1. The molecule has 0 amide bonds. The van der Waals surface area contributed by atoms with Gasteiger partial charge in [-0.2, -0.15) is 5.10 Å². The molecule has 1 aromatic carbocycles. The van der Waals surface area contributed by atoms with Gasteiger partial charge in [-0.15, -0.1) is 0 Å². The molecule has 0 saturated heterocycles. The highest BCUT2D eigenvalue weighted by atomic mass is 35.5. The van der Waals surface area contributed by atoms with E-state index >= 15 is 0 Å². The number of benzene rings is 1. The van der Waals surface area contributed by atoms with Crippen LogP contribution in [0.25, 0.3) is 0 Å². The van der Waals surface area contributed by atoms with Crippen molar-refractivity contribution < 1.29 is 4.74 Å². The van der Waals surface area contributed by atoms with Crippen molar-refractivity contribution in [3.8, 4) is 11.5 Å². The molecule has 4 nitrogen and oxygen atoms in total. The molecule has 1 aromatic heterocycles. The van der Waals surface area contributed by atoms with Crippen LogP contribution in [-0.4, -0.2) is 10.2 Å². The molecule has 2 aromatic rings. The molecule has 0 bridgehead atoms. The Kier molecular flexibility index (Phi) is 2.28. The third-order valence-electron chi connectivity index (χ3n) is 1.66. The van der Waals surface area contributed by atoms with Crippen LogP contribution in [0.15, 0.2) is 30.5 Å². The van der Waals surface area contributed by atoms with Gasteiger partial charge in [-0.25, -0.2) is 0 Å². The minimum absolute atomic E-state index is 0.393. The number of halogens is 1. The first-order valence-electron chi connectivity index (χ1n) is 3.98. The van der Waals surface area contributed by atoms with E-state index in [9.17, 15) is 0 Å². The summed E-state index contributed by atoms with van der Waals surface area (Å²) in [4.78, 5) is 0. The Labute approximate surface area is 85.6 Å². The first-order chi connectivity index (χ1) is 6.75. The topological polar surface area (TPSA) is 63.9 Å². The second kappa shape index (κ2) is 3.59. The highest BCUT2D eigenvalue weighted by molar-refractivity contribution is 6.30. The third-order valence-corrected chi connectivity index (χ3v) is 1.89. The maximum Gasteiger partial charge on any atom is 0.188 e. The van der Waals surface area contributed by atoms with Gasteiger partial charge in [-0.1, -0.05) is 17.7 Å². The van der Waals surface area contributed by atoms with E-state index in [-0.39, 0.29) is 0 Å². The lowest BCUT2D eigenvalue weighted by atomic mass is 10.3. The predicted octanol–water partition coefficient (Wildman–Crippen LogP) is 2.44. The Morgan fingerprint density at radius 1 is 1.43 bits per heavy atom. The molecule has 0 spiro atoms. The maximum absolute atomic E-state index is 5.79. The summed E-state index contributed by atoms with van der Waals surface area (Å²) in [6.07, 6.45) is 1.51. The van der Waals surface area contributed by atoms with Crippen LogP contribution in [0.3, 0.4) is 0 Å². The van der Waals surface area contributed by atoms with Crippen LogP contribution in [0.4, 0.5) is 5.82 Å². The van der Waals surface area contributed by atoms with Crippen molar-refractivity contribution >= 4 is 17.4 Å². The number of H-pyrrole nitrogens is 1. The highest BCUT2D eigenvalue weighted by Crippen LogP contribution is 2.26. The van der Waals surface area contributed by atoms with Gasteiger partial charge in [0, 0.05) is 5.02 Å². The Balaban J connectivity index is 2.23. The molecule has 0 saturated carbocycles. The van der Waals surface area contributed by atoms with E-state index in [1.165, 1.54) is 6.20 Å². The van der Waals surface area contributed by atoms with Gasteiger partial charge in [-0.05, 0) is 18.2 Å². The summed E-state index contributed by atoms with van der Waals surface area (Å²) in [5.41, 5.74) is 5.55. The molecular weight excluding hydrogens is 202 g/mol. The number of nitrogens with zero attached hydrogens (tertiary/aromatic N) is 1. The Bertz CT molecular complexity index is 441. The zero-order chi connectivity index (χ0) is 9.97. The first-order valence-corrected chi connectivity index (χ1v) is 4.36. The molecule has 72 valence electrons. The fourth-order valence-electron chi connectivity index (χ4n) is 1.02. The molecule has 1 heterocycles. The van der Waals surface area contributed by atoms with E-state index in [2.05, 4.69) is 10.2 Å². The van der Waals surface area contributed by atoms with Gasteiger partial charge in [0.15, 0.2) is 11.6 Å². The largest absolute Gasteiger partial charge is 0.452 e. The van der Waals surface area contributed by atoms with Crippen molar-refractivity contribution in [1.29, 1.82) is 0 Å². The summed E-state index contributed by atoms with van der Waals surface area (Å²) < 4.78 is 5.43. The molecule has 0 radical (unpaired) electrons. The van der Waals surface area contributed by atoms with E-state index in [1.54, 1.807) is 24.3 Å². The number of anilines is 1. The summed E-state index contributed by atoms with van der Waals surface area (Å²) >= 11 is 5.79. The van der Waals surface area contributed by atoms with E-state index < -0.39 is 0 Å². The van der Waals surface area contributed by atoms with Gasteiger partial charge in [0.2, 0.25) is 0 Å². The summed E-state index contributed by atoms with van der Waals surface area (Å²) in [6.45, 7) is 0. The number of nitrogens with two attached hydrogens (primary N) is 1. The number of aromatic nitrogens is 2. The minimum Gasteiger partial charge on any atom is -0.452 e. The van der Waals surface area contributed by atoms with Crippen molar-refractivity contribution in [3.63, 3.8) is 0 Å². The van der Waals surface area contributed by atoms with Gasteiger partial charge in [-0.3, -0.25) is 5.10 Å². The molecule has 14 heavy (non-hydrogen) atoms. The Hall–Kier alpha value is -1.68. The van der Waals surface area contributed by atoms with Crippen LogP contribution in [-0.2, 0) is 0 Å². The number of hydrogen-bond donors (Lipinski definition) is 2. The molecule has 0 aliphatic carbocycles. The standard InChI is InChI=1S/C9H8ClN3O/c10-6-2-1-3-7(4-6)14-8-5-12-13-9(8)11/h1-5H,(H3,11,12,13). The predicted molar refractivity (Wildman–Crippen MR) is 54.5 cm³/mol. The van der Waals surface area contributed by atoms with E-state index in [0.717, 1.165) is 0 Å². The molecule has 0 aliphatic heterocycles. The highest BCUT2D eigenvalue weighted by Gasteiger charge is 2.03. The summed E-state index contributed by atoms with van der Waals surface area (Å²) in [6, 6.07) is 7.06. The lowest BCUT2D eigenvalue weighted by Crippen LogP contribution is -1.89. The molecule has 0 aliphatic rings. The lowest BCUT2D eigenvalue weighted by Gasteiger charge is -2.03.